The maximum absolute atomic E-state index is 15.2. The van der Waals surface area contributed by atoms with Gasteiger partial charge in [-0.3, -0.25) is 9.36 Å². The zero-order valence-electron chi connectivity index (χ0n) is 25.3. The van der Waals surface area contributed by atoms with Gasteiger partial charge in [-0.25, -0.2) is 4.39 Å². The Kier molecular flexibility index (Phi) is 9.61. The minimum absolute atomic E-state index is 0.00171. The summed E-state index contributed by atoms with van der Waals surface area (Å²) in [6.07, 6.45) is 4.56. The second-order valence-electron chi connectivity index (χ2n) is 11.0. The van der Waals surface area contributed by atoms with Crippen LogP contribution in [-0.4, -0.2) is 65.7 Å². The summed E-state index contributed by atoms with van der Waals surface area (Å²) < 4.78 is 28.8. The number of unbranched alkanes of at least 4 members (excludes halogenated alkanes) is 1. The van der Waals surface area contributed by atoms with Crippen molar-refractivity contribution in [3.05, 3.63) is 60.5 Å². The van der Waals surface area contributed by atoms with Crippen LogP contribution in [-0.2, 0) is 16.3 Å². The molecule has 2 aromatic carbocycles. The van der Waals surface area contributed by atoms with Crippen LogP contribution in [0.3, 0.4) is 0 Å². The number of piperazine rings is 1. The number of nitrogens with zero attached hydrogens (tertiary/aromatic N) is 5. The molecule has 1 atom stereocenters. The molecule has 0 spiro atoms. The molecule has 3 heterocycles. The van der Waals surface area contributed by atoms with E-state index in [9.17, 15) is 4.79 Å². The summed E-state index contributed by atoms with van der Waals surface area (Å²) in [7, 11) is 3.91. The van der Waals surface area contributed by atoms with E-state index in [1.54, 1.807) is 16.8 Å². The fraction of sp³-hybridized carbons (Fsp3) is 0.406. The van der Waals surface area contributed by atoms with Crippen molar-refractivity contribution in [1.29, 1.82) is 0 Å². The Morgan fingerprint density at radius 1 is 1.07 bits per heavy atom. The summed E-state index contributed by atoms with van der Waals surface area (Å²) in [6, 6.07) is 14.4. The third kappa shape index (κ3) is 7.34. The van der Waals surface area contributed by atoms with Crippen molar-refractivity contribution in [2.75, 3.05) is 55.8 Å². The topological polar surface area (TPSA) is 96.8 Å². The first-order valence-electron chi connectivity index (χ1n) is 14.8. The standard InChI is InChI=1S/C32H40FN7O3/c1-5-6-8-22(2)31(41)42-21-40-14-13-26-29(40)36-32(37-30(26)43-25-10-7-9-23(19-25)34-3)35-24-11-12-28(27(33)20-24)39-17-15-38(4)16-18-39/h7,9-14,19-20,22,34H,5-6,8,15-18,21H2,1-4H3,(H,35,36,37)/t22-/m1/s1. The van der Waals surface area contributed by atoms with Gasteiger partial charge in [0.25, 0.3) is 0 Å². The number of hydrogen-bond donors (Lipinski definition) is 2. The Hall–Kier alpha value is -4.38. The van der Waals surface area contributed by atoms with E-state index in [0.717, 1.165) is 51.1 Å². The number of esters is 1. The maximum atomic E-state index is 15.2. The summed E-state index contributed by atoms with van der Waals surface area (Å²) >= 11 is 0. The highest BCUT2D eigenvalue weighted by Crippen LogP contribution is 2.32. The Morgan fingerprint density at radius 2 is 1.88 bits per heavy atom. The summed E-state index contributed by atoms with van der Waals surface area (Å²) in [4.78, 5) is 26.2. The van der Waals surface area contributed by atoms with Crippen molar-refractivity contribution in [3.8, 4) is 11.6 Å². The third-order valence-corrected chi connectivity index (χ3v) is 7.71. The molecule has 0 radical (unpaired) electrons. The van der Waals surface area contributed by atoms with E-state index in [2.05, 4.69) is 39.4 Å². The van der Waals surface area contributed by atoms with Crippen LogP contribution in [0.15, 0.2) is 54.7 Å². The van der Waals surface area contributed by atoms with E-state index in [-0.39, 0.29) is 30.4 Å². The molecular weight excluding hydrogens is 549 g/mol. The Bertz CT molecular complexity index is 1550. The number of benzene rings is 2. The number of fused-ring (bicyclic) bond motifs is 1. The number of ether oxygens (including phenoxy) is 2. The van der Waals surface area contributed by atoms with Crippen LogP contribution < -0.4 is 20.3 Å². The number of carbonyl (C=O) groups is 1. The van der Waals surface area contributed by atoms with Crippen molar-refractivity contribution in [2.24, 2.45) is 5.92 Å². The van der Waals surface area contributed by atoms with Gasteiger partial charge in [0.2, 0.25) is 11.8 Å². The first-order chi connectivity index (χ1) is 20.8. The molecule has 1 saturated heterocycles. The second kappa shape index (κ2) is 13.7. The highest BCUT2D eigenvalue weighted by Gasteiger charge is 2.20. The number of rotatable bonds is 12. The van der Waals surface area contributed by atoms with Crippen molar-refractivity contribution in [1.82, 2.24) is 19.4 Å². The lowest BCUT2D eigenvalue weighted by atomic mass is 10.1. The quantitative estimate of drug-likeness (QED) is 0.187. The molecule has 0 saturated carbocycles. The van der Waals surface area contributed by atoms with Gasteiger partial charge in [-0.15, -0.1) is 0 Å². The predicted octanol–water partition coefficient (Wildman–Crippen LogP) is 6.23. The molecule has 10 nitrogen and oxygen atoms in total. The Balaban J connectivity index is 1.42. The lowest BCUT2D eigenvalue weighted by Crippen LogP contribution is -2.44. The molecule has 1 aliphatic rings. The van der Waals surface area contributed by atoms with Crippen LogP contribution in [0.5, 0.6) is 11.6 Å². The molecule has 2 N–H and O–H groups in total. The largest absolute Gasteiger partial charge is 0.444 e. The molecule has 228 valence electrons. The van der Waals surface area contributed by atoms with Crippen LogP contribution in [0.1, 0.15) is 33.1 Å². The molecule has 11 heteroatoms. The summed E-state index contributed by atoms with van der Waals surface area (Å²) in [5, 5.41) is 6.89. The van der Waals surface area contributed by atoms with Gasteiger partial charge < -0.3 is 29.9 Å². The SMILES string of the molecule is CCCC[C@@H](C)C(=O)OCn1ccc2c(Oc3cccc(NC)c3)nc(Nc3ccc(N4CCN(C)CC4)c(F)c3)nc21. The van der Waals surface area contributed by atoms with Crippen molar-refractivity contribution < 1.29 is 18.7 Å². The van der Waals surface area contributed by atoms with Crippen LogP contribution >= 0.6 is 0 Å². The third-order valence-electron chi connectivity index (χ3n) is 7.71. The van der Waals surface area contributed by atoms with Gasteiger partial charge in [-0.2, -0.15) is 9.97 Å². The Morgan fingerprint density at radius 3 is 2.63 bits per heavy atom. The van der Waals surface area contributed by atoms with E-state index in [0.29, 0.717) is 34.0 Å². The van der Waals surface area contributed by atoms with E-state index in [1.807, 2.05) is 50.4 Å². The average molecular weight is 590 g/mol. The van der Waals surface area contributed by atoms with Crippen LogP contribution in [0, 0.1) is 11.7 Å². The number of anilines is 4. The van der Waals surface area contributed by atoms with Crippen molar-refractivity contribution in [2.45, 2.75) is 39.8 Å². The van der Waals surface area contributed by atoms with Gasteiger partial charge in [0.15, 0.2) is 12.4 Å². The molecule has 2 aromatic heterocycles. The van der Waals surface area contributed by atoms with Gasteiger partial charge in [0, 0.05) is 56.9 Å². The Labute approximate surface area is 251 Å². The molecule has 0 unspecified atom stereocenters. The molecule has 0 aliphatic carbocycles. The highest BCUT2D eigenvalue weighted by atomic mass is 19.1. The fourth-order valence-electron chi connectivity index (χ4n) is 5.02. The fourth-order valence-corrected chi connectivity index (χ4v) is 5.02. The lowest BCUT2D eigenvalue weighted by Gasteiger charge is -2.34. The molecule has 1 fully saturated rings. The van der Waals surface area contributed by atoms with Crippen LogP contribution in [0.4, 0.5) is 27.4 Å². The number of likely N-dealkylation sites (N-methyl/N-ethyl adjacent to an activating group) is 1. The first kappa shape index (κ1) is 30.1. The molecule has 1 aliphatic heterocycles. The number of nitrogens with one attached hydrogen (secondary N) is 2. The highest BCUT2D eigenvalue weighted by molar-refractivity contribution is 5.83. The van der Waals surface area contributed by atoms with Gasteiger partial charge in [0.05, 0.1) is 17.0 Å². The van der Waals surface area contributed by atoms with Crippen molar-refractivity contribution >= 4 is 40.0 Å². The first-order valence-corrected chi connectivity index (χ1v) is 14.8. The monoisotopic (exact) mass is 589 g/mol. The van der Waals surface area contributed by atoms with E-state index in [1.165, 1.54) is 6.07 Å². The molecule has 43 heavy (non-hydrogen) atoms. The normalized spacial score (nSPS) is 14.5. The summed E-state index contributed by atoms with van der Waals surface area (Å²) in [6.45, 7) is 7.30. The molecule has 0 amide bonds. The van der Waals surface area contributed by atoms with Crippen molar-refractivity contribution in [3.63, 3.8) is 0 Å². The minimum Gasteiger partial charge on any atom is -0.444 e. The number of hydrogen-bond acceptors (Lipinski definition) is 9. The summed E-state index contributed by atoms with van der Waals surface area (Å²) in [5.74, 6) is 0.376. The van der Waals surface area contributed by atoms with Gasteiger partial charge in [0.1, 0.15) is 11.6 Å². The molecular formula is C32H40FN7O3. The maximum Gasteiger partial charge on any atom is 0.310 e. The van der Waals surface area contributed by atoms with Gasteiger partial charge >= 0.3 is 5.97 Å². The number of carbonyl (C=O) groups excluding carboxylic acids is 1. The number of halogens is 1. The van der Waals surface area contributed by atoms with Crippen LogP contribution in [0.25, 0.3) is 11.0 Å². The number of aromatic nitrogens is 3. The molecule has 0 bridgehead atoms. The smallest absolute Gasteiger partial charge is 0.310 e. The van der Waals surface area contributed by atoms with Crippen LogP contribution in [0.2, 0.25) is 0 Å². The second-order valence-corrected chi connectivity index (χ2v) is 11.0. The zero-order valence-corrected chi connectivity index (χ0v) is 25.3. The molecule has 5 rings (SSSR count). The van der Waals surface area contributed by atoms with Gasteiger partial charge in [-0.05, 0) is 49.9 Å². The van der Waals surface area contributed by atoms with E-state index in [4.69, 9.17) is 14.5 Å². The van der Waals surface area contributed by atoms with E-state index >= 15 is 4.39 Å². The molecule has 4 aromatic rings. The zero-order chi connectivity index (χ0) is 30.3. The summed E-state index contributed by atoms with van der Waals surface area (Å²) in [5.41, 5.74) is 2.49. The minimum atomic E-state index is -0.316. The average Bonchev–Trinajstić information content (AvgIpc) is 3.42. The predicted molar refractivity (Wildman–Crippen MR) is 168 cm³/mol. The van der Waals surface area contributed by atoms with Gasteiger partial charge in [-0.1, -0.05) is 32.8 Å². The lowest BCUT2D eigenvalue weighted by molar-refractivity contribution is -0.152. The van der Waals surface area contributed by atoms with E-state index < -0.39 is 0 Å².